The van der Waals surface area contributed by atoms with E-state index in [4.69, 9.17) is 5.73 Å². The Morgan fingerprint density at radius 3 is 2.69 bits per heavy atom. The van der Waals surface area contributed by atoms with Crippen molar-refractivity contribution >= 4 is 5.91 Å². The largest absolute Gasteiger partial charge is 0.341 e. The first-order chi connectivity index (χ1) is 6.18. The molecule has 1 aliphatic carbocycles. The molecule has 0 radical (unpaired) electrons. The van der Waals surface area contributed by atoms with Crippen molar-refractivity contribution in [3.05, 3.63) is 0 Å². The Morgan fingerprint density at radius 1 is 1.62 bits per heavy atom. The molecular formula is C10H18N2O. The molecule has 1 saturated carbocycles. The number of likely N-dealkylation sites (tertiary alicyclic amines) is 1. The van der Waals surface area contributed by atoms with E-state index in [2.05, 4.69) is 6.92 Å². The average Bonchev–Trinajstić information content (AvgIpc) is 2.82. The molecule has 1 atom stereocenters. The monoisotopic (exact) mass is 182 g/mol. The number of nitrogens with two attached hydrogens (primary N) is 1. The van der Waals surface area contributed by atoms with Crippen molar-refractivity contribution < 1.29 is 4.79 Å². The van der Waals surface area contributed by atoms with Crippen molar-refractivity contribution in [1.82, 2.24) is 4.90 Å². The van der Waals surface area contributed by atoms with Gasteiger partial charge in [0.25, 0.3) is 0 Å². The van der Waals surface area contributed by atoms with Crippen LogP contribution in [0.2, 0.25) is 0 Å². The zero-order valence-electron chi connectivity index (χ0n) is 8.25. The van der Waals surface area contributed by atoms with Gasteiger partial charge in [0, 0.05) is 24.5 Å². The third-order valence-electron chi connectivity index (χ3n) is 3.50. The second kappa shape index (κ2) is 2.98. The minimum Gasteiger partial charge on any atom is -0.341 e. The van der Waals surface area contributed by atoms with E-state index in [-0.39, 0.29) is 11.5 Å². The predicted octanol–water partition coefficient (Wildman–Crippen LogP) is 0.736. The summed E-state index contributed by atoms with van der Waals surface area (Å²) in [4.78, 5) is 13.9. The van der Waals surface area contributed by atoms with Crippen LogP contribution >= 0.6 is 0 Å². The lowest BCUT2D eigenvalue weighted by molar-refractivity contribution is -0.136. The Hall–Kier alpha value is -0.570. The Kier molecular flexibility index (Phi) is 2.06. The van der Waals surface area contributed by atoms with Crippen molar-refractivity contribution in [2.45, 2.75) is 38.6 Å². The highest BCUT2D eigenvalue weighted by molar-refractivity contribution is 5.85. The fraction of sp³-hybridized carbons (Fsp3) is 0.900. The Bertz CT molecular complexity index is 223. The molecule has 74 valence electrons. The summed E-state index contributed by atoms with van der Waals surface area (Å²) < 4.78 is 0. The summed E-state index contributed by atoms with van der Waals surface area (Å²) in [5.41, 5.74) is 5.81. The Labute approximate surface area is 79.3 Å². The van der Waals surface area contributed by atoms with E-state index in [0.717, 1.165) is 38.8 Å². The summed E-state index contributed by atoms with van der Waals surface area (Å²) in [5, 5.41) is 0. The first-order valence-corrected chi connectivity index (χ1v) is 5.23. The molecule has 2 fully saturated rings. The summed E-state index contributed by atoms with van der Waals surface area (Å²) in [5.74, 6) is 0.364. The smallest absolute Gasteiger partial charge is 0.228 e. The van der Waals surface area contributed by atoms with Crippen LogP contribution in [0, 0.1) is 5.41 Å². The van der Waals surface area contributed by atoms with Crippen molar-refractivity contribution in [2.24, 2.45) is 11.1 Å². The Morgan fingerprint density at radius 2 is 2.31 bits per heavy atom. The molecule has 2 N–H and O–H groups in total. The van der Waals surface area contributed by atoms with Crippen molar-refractivity contribution in [3.8, 4) is 0 Å². The van der Waals surface area contributed by atoms with E-state index in [0.29, 0.717) is 5.91 Å². The third-order valence-corrected chi connectivity index (χ3v) is 3.50. The number of hydrogen-bond acceptors (Lipinski definition) is 2. The number of hydrogen-bond donors (Lipinski definition) is 1. The van der Waals surface area contributed by atoms with Crippen LogP contribution < -0.4 is 5.73 Å². The maximum absolute atomic E-state index is 12.0. The van der Waals surface area contributed by atoms with E-state index < -0.39 is 0 Å². The molecule has 2 rings (SSSR count). The summed E-state index contributed by atoms with van der Waals surface area (Å²) in [6.07, 6.45) is 4.16. The first-order valence-electron chi connectivity index (χ1n) is 5.23. The first kappa shape index (κ1) is 9.00. The topological polar surface area (TPSA) is 46.3 Å². The van der Waals surface area contributed by atoms with E-state index in [1.807, 2.05) is 4.90 Å². The lowest BCUT2D eigenvalue weighted by Gasteiger charge is -2.21. The number of nitrogens with zero attached hydrogens (tertiary/aromatic N) is 1. The van der Waals surface area contributed by atoms with Gasteiger partial charge >= 0.3 is 0 Å². The summed E-state index contributed by atoms with van der Waals surface area (Å²) in [6, 6.07) is 0.219. The second-order valence-electron chi connectivity index (χ2n) is 4.43. The molecule has 0 aromatic carbocycles. The van der Waals surface area contributed by atoms with E-state index in [1.54, 1.807) is 0 Å². The van der Waals surface area contributed by atoms with Crippen molar-refractivity contribution in [2.75, 3.05) is 13.1 Å². The molecule has 0 bridgehead atoms. The molecule has 0 aromatic rings. The van der Waals surface area contributed by atoms with Gasteiger partial charge < -0.3 is 10.6 Å². The maximum Gasteiger partial charge on any atom is 0.228 e. The second-order valence-corrected chi connectivity index (χ2v) is 4.43. The zero-order valence-corrected chi connectivity index (χ0v) is 8.25. The van der Waals surface area contributed by atoms with Gasteiger partial charge in [0.05, 0.1) is 0 Å². The summed E-state index contributed by atoms with van der Waals surface area (Å²) in [7, 11) is 0. The molecule has 2 aliphatic rings. The Balaban J connectivity index is 1.98. The fourth-order valence-corrected chi connectivity index (χ4v) is 2.18. The van der Waals surface area contributed by atoms with Gasteiger partial charge in [-0.25, -0.2) is 0 Å². The van der Waals surface area contributed by atoms with Gasteiger partial charge in [0.1, 0.15) is 0 Å². The van der Waals surface area contributed by atoms with Crippen molar-refractivity contribution in [1.29, 1.82) is 0 Å². The number of carbonyl (C=O) groups excluding carboxylic acids is 1. The van der Waals surface area contributed by atoms with Crippen LogP contribution in [0.3, 0.4) is 0 Å². The highest BCUT2D eigenvalue weighted by Crippen LogP contribution is 2.50. The predicted molar refractivity (Wildman–Crippen MR) is 51.1 cm³/mol. The van der Waals surface area contributed by atoms with Gasteiger partial charge in [-0.3, -0.25) is 4.79 Å². The van der Waals surface area contributed by atoms with Gasteiger partial charge in [0.15, 0.2) is 0 Å². The van der Waals surface area contributed by atoms with Gasteiger partial charge in [-0.1, -0.05) is 6.92 Å². The molecule has 1 heterocycles. The number of rotatable bonds is 2. The van der Waals surface area contributed by atoms with Crippen molar-refractivity contribution in [3.63, 3.8) is 0 Å². The molecule has 1 amide bonds. The van der Waals surface area contributed by atoms with Crippen LogP contribution in [-0.2, 0) is 4.79 Å². The molecule has 1 unspecified atom stereocenters. The van der Waals surface area contributed by atoms with Gasteiger partial charge in [-0.05, 0) is 25.7 Å². The molecule has 3 heteroatoms. The number of carbonyl (C=O) groups is 1. The van der Waals surface area contributed by atoms with Gasteiger partial charge in [-0.15, -0.1) is 0 Å². The average molecular weight is 182 g/mol. The van der Waals surface area contributed by atoms with Crippen LogP contribution in [-0.4, -0.2) is 29.9 Å². The molecule has 0 aromatic heterocycles. The van der Waals surface area contributed by atoms with Crippen LogP contribution in [0.4, 0.5) is 0 Å². The summed E-state index contributed by atoms with van der Waals surface area (Å²) in [6.45, 7) is 3.77. The molecule has 13 heavy (non-hydrogen) atoms. The van der Waals surface area contributed by atoms with Crippen LogP contribution in [0.25, 0.3) is 0 Å². The minimum atomic E-state index is 0.0318. The van der Waals surface area contributed by atoms with Crippen LogP contribution in [0.1, 0.15) is 32.6 Å². The highest BCUT2D eigenvalue weighted by Gasteiger charge is 2.50. The molecule has 0 spiro atoms. The molecule has 1 saturated heterocycles. The van der Waals surface area contributed by atoms with E-state index in [1.165, 1.54) is 0 Å². The minimum absolute atomic E-state index is 0.0318. The van der Waals surface area contributed by atoms with E-state index >= 15 is 0 Å². The molecule has 1 aliphatic heterocycles. The van der Waals surface area contributed by atoms with E-state index in [9.17, 15) is 4.79 Å². The van der Waals surface area contributed by atoms with Gasteiger partial charge in [0.2, 0.25) is 5.91 Å². The summed E-state index contributed by atoms with van der Waals surface area (Å²) >= 11 is 0. The van der Waals surface area contributed by atoms with Crippen LogP contribution in [0.5, 0.6) is 0 Å². The SMILES string of the molecule is CCC1(C(=O)N2CCC(N)C2)CC1. The normalized spacial score (nSPS) is 30.6. The molecular weight excluding hydrogens is 164 g/mol. The third kappa shape index (κ3) is 1.46. The fourth-order valence-electron chi connectivity index (χ4n) is 2.18. The maximum atomic E-state index is 12.0. The highest BCUT2D eigenvalue weighted by atomic mass is 16.2. The van der Waals surface area contributed by atoms with Crippen LogP contribution in [0.15, 0.2) is 0 Å². The van der Waals surface area contributed by atoms with Gasteiger partial charge in [-0.2, -0.15) is 0 Å². The standard InChI is InChI=1S/C10H18N2O/c1-2-10(4-5-10)9(13)12-6-3-8(11)7-12/h8H,2-7,11H2,1H3. The number of amides is 1. The quantitative estimate of drug-likeness (QED) is 0.684. The molecule has 3 nitrogen and oxygen atoms in total. The lowest BCUT2D eigenvalue weighted by Crippen LogP contribution is -2.37. The zero-order chi connectivity index (χ0) is 9.47. The lowest BCUT2D eigenvalue weighted by atomic mass is 10.0.